The first-order valence-corrected chi connectivity index (χ1v) is 8.90. The van der Waals surface area contributed by atoms with E-state index in [4.69, 9.17) is 10.1 Å². The van der Waals surface area contributed by atoms with Crippen LogP contribution in [0.15, 0.2) is 17.6 Å². The summed E-state index contributed by atoms with van der Waals surface area (Å²) in [4.78, 5) is 6.99. The molecule has 0 aromatic rings. The van der Waals surface area contributed by atoms with E-state index >= 15 is 0 Å². The molecule has 0 aliphatic carbocycles. The lowest BCUT2D eigenvalue weighted by Crippen LogP contribution is -2.39. The van der Waals surface area contributed by atoms with Gasteiger partial charge in [-0.1, -0.05) is 25.8 Å². The van der Waals surface area contributed by atoms with E-state index in [0.717, 1.165) is 51.3 Å². The molecule has 0 saturated carbocycles. The molecule has 0 amide bonds. The summed E-state index contributed by atoms with van der Waals surface area (Å²) >= 11 is 0. The van der Waals surface area contributed by atoms with Gasteiger partial charge in [0.25, 0.3) is 0 Å². The van der Waals surface area contributed by atoms with Crippen LogP contribution in [0.5, 0.6) is 0 Å². The van der Waals surface area contributed by atoms with Crippen LogP contribution >= 0.6 is 0 Å². The van der Waals surface area contributed by atoms with Crippen LogP contribution in [0, 0.1) is 5.92 Å². The lowest BCUT2D eigenvalue weighted by Gasteiger charge is -2.23. The predicted octanol–water partition coefficient (Wildman–Crippen LogP) is 3.43. The van der Waals surface area contributed by atoms with E-state index in [-0.39, 0.29) is 6.61 Å². The Morgan fingerprint density at radius 1 is 1.27 bits per heavy atom. The quantitative estimate of drug-likeness (QED) is 0.237. The monoisotopic (exact) mass is 311 g/mol. The Balaban J connectivity index is 4.33. The lowest BCUT2D eigenvalue weighted by molar-refractivity contribution is 0.253. The number of unbranched alkanes of at least 4 members (excludes halogenated alkanes) is 3. The van der Waals surface area contributed by atoms with Crippen molar-refractivity contribution in [2.45, 2.75) is 58.8 Å². The molecule has 0 aliphatic rings. The highest BCUT2D eigenvalue weighted by Crippen LogP contribution is 2.11. The van der Waals surface area contributed by atoms with Gasteiger partial charge < -0.3 is 15.3 Å². The van der Waals surface area contributed by atoms with Gasteiger partial charge in [0.15, 0.2) is 5.96 Å². The van der Waals surface area contributed by atoms with Crippen molar-refractivity contribution in [3.8, 4) is 0 Å². The fourth-order valence-corrected chi connectivity index (χ4v) is 2.52. The number of aliphatic hydroxyl groups is 1. The third kappa shape index (κ3) is 10.7. The number of aliphatic hydroxyl groups excluding tert-OH is 1. The number of rotatable bonds is 13. The largest absolute Gasteiger partial charge is 0.396 e. The van der Waals surface area contributed by atoms with Gasteiger partial charge in [-0.2, -0.15) is 0 Å². The molecule has 1 atom stereocenters. The number of nitrogens with one attached hydrogen (secondary N) is 1. The Morgan fingerprint density at radius 2 is 2.05 bits per heavy atom. The summed E-state index contributed by atoms with van der Waals surface area (Å²) in [6.07, 6.45) is 9.87. The van der Waals surface area contributed by atoms with Gasteiger partial charge in [-0.3, -0.25) is 4.99 Å². The van der Waals surface area contributed by atoms with Gasteiger partial charge in [0.05, 0.1) is 0 Å². The summed E-state index contributed by atoms with van der Waals surface area (Å²) in [6, 6.07) is 0. The van der Waals surface area contributed by atoms with E-state index in [1.165, 1.54) is 19.3 Å². The number of aliphatic imine (C=N–C) groups is 1. The van der Waals surface area contributed by atoms with Crippen LogP contribution in [0.3, 0.4) is 0 Å². The third-order valence-electron chi connectivity index (χ3n) is 3.83. The van der Waals surface area contributed by atoms with Crippen LogP contribution in [-0.4, -0.2) is 49.3 Å². The van der Waals surface area contributed by atoms with E-state index in [9.17, 15) is 0 Å². The first-order valence-electron chi connectivity index (χ1n) is 8.90. The molecule has 130 valence electrons. The normalized spacial score (nSPS) is 13.0. The molecule has 22 heavy (non-hydrogen) atoms. The Bertz CT molecular complexity index is 286. The maximum atomic E-state index is 9.15. The van der Waals surface area contributed by atoms with Crippen molar-refractivity contribution >= 4 is 5.96 Å². The Morgan fingerprint density at radius 3 is 2.64 bits per heavy atom. The molecule has 4 heteroatoms. The number of nitrogens with zero attached hydrogens (tertiary/aromatic N) is 2. The first kappa shape index (κ1) is 21.0. The summed E-state index contributed by atoms with van der Waals surface area (Å²) in [5.41, 5.74) is 0. The van der Waals surface area contributed by atoms with Crippen LogP contribution in [0.2, 0.25) is 0 Å². The minimum Gasteiger partial charge on any atom is -0.396 e. The standard InChI is InChI=1S/C18H37N3O/c1-5-8-9-10-11-14-21(4)18(19-7-3)20-16-17(12-6-2)13-15-22/h5,17,22H,1,6-16H2,2-4H3,(H,19,20). The highest BCUT2D eigenvalue weighted by atomic mass is 16.3. The Labute approximate surface area is 137 Å². The molecule has 0 heterocycles. The second-order valence-electron chi connectivity index (χ2n) is 5.92. The van der Waals surface area contributed by atoms with Gasteiger partial charge in [-0.05, 0) is 44.9 Å². The summed E-state index contributed by atoms with van der Waals surface area (Å²) < 4.78 is 0. The summed E-state index contributed by atoms with van der Waals surface area (Å²) in [5.74, 6) is 1.48. The van der Waals surface area contributed by atoms with E-state index in [1.807, 2.05) is 6.08 Å². The lowest BCUT2D eigenvalue weighted by atomic mass is 10.0. The van der Waals surface area contributed by atoms with Crippen LogP contribution in [0.25, 0.3) is 0 Å². The molecule has 4 nitrogen and oxygen atoms in total. The van der Waals surface area contributed by atoms with Gasteiger partial charge in [-0.15, -0.1) is 6.58 Å². The molecule has 0 aromatic carbocycles. The topological polar surface area (TPSA) is 47.9 Å². The maximum Gasteiger partial charge on any atom is 0.193 e. The van der Waals surface area contributed by atoms with Crippen LogP contribution < -0.4 is 5.32 Å². The molecule has 0 saturated heterocycles. The van der Waals surface area contributed by atoms with E-state index in [2.05, 4.69) is 37.7 Å². The van der Waals surface area contributed by atoms with Crippen LogP contribution in [-0.2, 0) is 0 Å². The average Bonchev–Trinajstić information content (AvgIpc) is 2.51. The highest BCUT2D eigenvalue weighted by molar-refractivity contribution is 5.79. The average molecular weight is 312 g/mol. The molecule has 0 aliphatic heterocycles. The van der Waals surface area contributed by atoms with Gasteiger partial charge >= 0.3 is 0 Å². The minimum absolute atomic E-state index is 0.260. The zero-order valence-corrected chi connectivity index (χ0v) is 15.0. The molecular weight excluding hydrogens is 274 g/mol. The molecule has 0 spiro atoms. The van der Waals surface area contributed by atoms with Crippen molar-refractivity contribution < 1.29 is 5.11 Å². The fraction of sp³-hybridized carbons (Fsp3) is 0.833. The number of hydrogen-bond acceptors (Lipinski definition) is 2. The van der Waals surface area contributed by atoms with Crippen molar-refractivity contribution in [2.24, 2.45) is 10.9 Å². The van der Waals surface area contributed by atoms with Crippen LogP contribution in [0.4, 0.5) is 0 Å². The molecule has 0 bridgehead atoms. The number of guanidine groups is 1. The summed E-state index contributed by atoms with van der Waals surface area (Å²) in [7, 11) is 2.11. The predicted molar refractivity (Wildman–Crippen MR) is 97.4 cm³/mol. The Hall–Kier alpha value is -1.03. The Kier molecular flexibility index (Phi) is 14.2. The molecule has 0 radical (unpaired) electrons. The number of hydrogen-bond donors (Lipinski definition) is 2. The van der Waals surface area contributed by atoms with E-state index in [0.29, 0.717) is 5.92 Å². The van der Waals surface area contributed by atoms with Crippen molar-refractivity contribution in [1.82, 2.24) is 10.2 Å². The first-order chi connectivity index (χ1) is 10.7. The molecule has 1 unspecified atom stereocenters. The van der Waals surface area contributed by atoms with Crippen molar-refractivity contribution in [3.05, 3.63) is 12.7 Å². The third-order valence-corrected chi connectivity index (χ3v) is 3.83. The smallest absolute Gasteiger partial charge is 0.193 e. The molecule has 0 rings (SSSR count). The zero-order valence-electron chi connectivity index (χ0n) is 15.0. The summed E-state index contributed by atoms with van der Waals surface area (Å²) in [6.45, 7) is 11.0. The fourth-order valence-electron chi connectivity index (χ4n) is 2.52. The highest BCUT2D eigenvalue weighted by Gasteiger charge is 2.09. The SMILES string of the molecule is C=CCCCCCN(C)C(=NCC(CCC)CCO)NCC. The molecule has 0 aromatic heterocycles. The van der Waals surface area contributed by atoms with E-state index < -0.39 is 0 Å². The van der Waals surface area contributed by atoms with Gasteiger partial charge in [0.1, 0.15) is 0 Å². The number of allylic oxidation sites excluding steroid dienone is 1. The van der Waals surface area contributed by atoms with Crippen molar-refractivity contribution in [1.29, 1.82) is 0 Å². The summed E-state index contributed by atoms with van der Waals surface area (Å²) in [5, 5.41) is 12.5. The molecular formula is C18H37N3O. The second-order valence-corrected chi connectivity index (χ2v) is 5.92. The van der Waals surface area contributed by atoms with E-state index in [1.54, 1.807) is 0 Å². The maximum absolute atomic E-state index is 9.15. The van der Waals surface area contributed by atoms with Crippen molar-refractivity contribution in [3.63, 3.8) is 0 Å². The minimum atomic E-state index is 0.260. The molecule has 0 fully saturated rings. The van der Waals surface area contributed by atoms with Gasteiger partial charge in [0.2, 0.25) is 0 Å². The molecule has 2 N–H and O–H groups in total. The zero-order chi connectivity index (χ0) is 16.6. The van der Waals surface area contributed by atoms with Crippen molar-refractivity contribution in [2.75, 3.05) is 33.3 Å². The second kappa shape index (κ2) is 14.9. The van der Waals surface area contributed by atoms with Crippen LogP contribution in [0.1, 0.15) is 58.8 Å². The van der Waals surface area contributed by atoms with Gasteiger partial charge in [0, 0.05) is 33.3 Å². The van der Waals surface area contributed by atoms with Gasteiger partial charge in [-0.25, -0.2) is 0 Å².